The molecular formula is C15H24N2O2S. The summed E-state index contributed by atoms with van der Waals surface area (Å²) in [6.07, 6.45) is 4.07. The van der Waals surface area contributed by atoms with Gasteiger partial charge in [-0.25, -0.2) is 4.98 Å². The largest absolute Gasteiger partial charge is 0.444 e. The third-order valence-corrected chi connectivity index (χ3v) is 5.44. The zero-order valence-corrected chi connectivity index (χ0v) is 13.2. The average Bonchev–Trinajstić information content (AvgIpc) is 3.13. The number of thioether (sulfide) groups is 1. The van der Waals surface area contributed by atoms with E-state index in [9.17, 15) is 0 Å². The van der Waals surface area contributed by atoms with E-state index < -0.39 is 0 Å². The van der Waals surface area contributed by atoms with Crippen LogP contribution in [0, 0.1) is 13.8 Å². The highest BCUT2D eigenvalue weighted by atomic mass is 32.2. The number of rotatable bonds is 5. The second-order valence-electron chi connectivity index (χ2n) is 5.83. The topological polar surface area (TPSA) is 38.5 Å². The summed E-state index contributed by atoms with van der Waals surface area (Å²) < 4.78 is 11.6. The van der Waals surface area contributed by atoms with Gasteiger partial charge < -0.3 is 9.15 Å². The highest BCUT2D eigenvalue weighted by molar-refractivity contribution is 7.99. The maximum Gasteiger partial charge on any atom is 0.208 e. The van der Waals surface area contributed by atoms with E-state index in [1.807, 2.05) is 13.8 Å². The van der Waals surface area contributed by atoms with Gasteiger partial charge in [-0.15, -0.1) is 0 Å². The minimum atomic E-state index is 0.401. The maximum absolute atomic E-state index is 5.81. The van der Waals surface area contributed by atoms with Crippen LogP contribution in [0.1, 0.15) is 36.6 Å². The third kappa shape index (κ3) is 3.38. The van der Waals surface area contributed by atoms with Crippen molar-refractivity contribution in [3.63, 3.8) is 0 Å². The van der Waals surface area contributed by atoms with Gasteiger partial charge in [-0.2, -0.15) is 11.8 Å². The molecule has 0 unspecified atom stereocenters. The van der Waals surface area contributed by atoms with Crippen LogP contribution in [-0.4, -0.2) is 46.7 Å². The minimum Gasteiger partial charge on any atom is -0.444 e. The standard InChI is InChI=1S/C15H24N2O2S/c1-11-12(2)19-15(16-11)9-17(13-5-7-20-10-13)8-14-4-3-6-18-14/h13-14H,3-10H2,1-2H3/t13-,14-/m1/s1. The smallest absolute Gasteiger partial charge is 0.208 e. The molecule has 0 spiro atoms. The predicted octanol–water partition coefficient (Wildman–Crippen LogP) is 2.78. The van der Waals surface area contributed by atoms with Crippen molar-refractivity contribution < 1.29 is 9.15 Å². The van der Waals surface area contributed by atoms with Gasteiger partial charge in [0, 0.05) is 24.9 Å². The fraction of sp³-hybridized carbons (Fsp3) is 0.800. The Bertz CT molecular complexity index is 418. The van der Waals surface area contributed by atoms with Crippen LogP contribution < -0.4 is 0 Å². The molecule has 2 fully saturated rings. The van der Waals surface area contributed by atoms with E-state index in [4.69, 9.17) is 9.15 Å². The van der Waals surface area contributed by atoms with Crippen molar-refractivity contribution >= 4 is 11.8 Å². The van der Waals surface area contributed by atoms with Crippen molar-refractivity contribution in [2.45, 2.75) is 51.8 Å². The summed E-state index contributed by atoms with van der Waals surface area (Å²) in [5.74, 6) is 4.30. The van der Waals surface area contributed by atoms with Gasteiger partial charge in [-0.1, -0.05) is 0 Å². The monoisotopic (exact) mass is 296 g/mol. The van der Waals surface area contributed by atoms with Crippen LogP contribution in [0.3, 0.4) is 0 Å². The minimum absolute atomic E-state index is 0.401. The molecule has 0 N–H and O–H groups in total. The molecule has 2 aliphatic rings. The molecule has 2 atom stereocenters. The van der Waals surface area contributed by atoms with E-state index >= 15 is 0 Å². The number of hydrogen-bond donors (Lipinski definition) is 0. The van der Waals surface area contributed by atoms with Crippen molar-refractivity contribution in [3.8, 4) is 0 Å². The zero-order chi connectivity index (χ0) is 13.9. The number of oxazole rings is 1. The first-order valence-corrected chi connectivity index (χ1v) is 8.74. The lowest BCUT2D eigenvalue weighted by atomic mass is 10.1. The van der Waals surface area contributed by atoms with Crippen molar-refractivity contribution in [3.05, 3.63) is 17.3 Å². The van der Waals surface area contributed by atoms with Gasteiger partial charge in [0.1, 0.15) is 5.76 Å². The molecule has 4 nitrogen and oxygen atoms in total. The molecule has 0 amide bonds. The summed E-state index contributed by atoms with van der Waals surface area (Å²) in [5.41, 5.74) is 1.01. The Labute approximate surface area is 125 Å². The number of aryl methyl sites for hydroxylation is 2. The number of aromatic nitrogens is 1. The number of nitrogens with zero attached hydrogens (tertiary/aromatic N) is 2. The molecular weight excluding hydrogens is 272 g/mol. The second-order valence-corrected chi connectivity index (χ2v) is 6.98. The summed E-state index contributed by atoms with van der Waals surface area (Å²) >= 11 is 2.05. The van der Waals surface area contributed by atoms with Crippen LogP contribution in [0.5, 0.6) is 0 Å². The van der Waals surface area contributed by atoms with Crippen LogP contribution in [0.2, 0.25) is 0 Å². The van der Waals surface area contributed by atoms with Crippen LogP contribution in [0.4, 0.5) is 0 Å². The molecule has 3 heterocycles. The molecule has 5 heteroatoms. The first-order chi connectivity index (χ1) is 9.72. The quantitative estimate of drug-likeness (QED) is 0.835. The second kappa shape index (κ2) is 6.50. The summed E-state index contributed by atoms with van der Waals surface area (Å²) in [7, 11) is 0. The van der Waals surface area contributed by atoms with Crippen molar-refractivity contribution in [2.75, 3.05) is 24.7 Å². The lowest BCUT2D eigenvalue weighted by molar-refractivity contribution is 0.0538. The van der Waals surface area contributed by atoms with Crippen molar-refractivity contribution in [2.24, 2.45) is 0 Å². The molecule has 1 aromatic rings. The first kappa shape index (κ1) is 14.4. The van der Waals surface area contributed by atoms with Crippen LogP contribution in [0.25, 0.3) is 0 Å². The Morgan fingerprint density at radius 2 is 2.25 bits per heavy atom. The third-order valence-electron chi connectivity index (χ3n) is 4.30. The van der Waals surface area contributed by atoms with Gasteiger partial charge in [0.15, 0.2) is 0 Å². The van der Waals surface area contributed by atoms with Gasteiger partial charge in [-0.3, -0.25) is 4.90 Å². The average molecular weight is 296 g/mol. The summed E-state index contributed by atoms with van der Waals surface area (Å²) in [6.45, 7) is 6.76. The van der Waals surface area contributed by atoms with Gasteiger partial charge >= 0.3 is 0 Å². The molecule has 1 aromatic heterocycles. The van der Waals surface area contributed by atoms with Gasteiger partial charge in [0.2, 0.25) is 5.89 Å². The van der Waals surface area contributed by atoms with E-state index in [1.165, 1.54) is 30.8 Å². The van der Waals surface area contributed by atoms with Crippen LogP contribution in [-0.2, 0) is 11.3 Å². The molecule has 2 aliphatic heterocycles. The van der Waals surface area contributed by atoms with E-state index in [0.29, 0.717) is 12.1 Å². The molecule has 0 aliphatic carbocycles. The Kier molecular flexibility index (Phi) is 4.68. The van der Waals surface area contributed by atoms with Gasteiger partial charge in [0.05, 0.1) is 18.3 Å². The Balaban J connectivity index is 1.67. The SMILES string of the molecule is Cc1nc(CN(C[C@H]2CCCO2)[C@@H]2CCSC2)oc1C. The van der Waals surface area contributed by atoms with Crippen LogP contribution in [0.15, 0.2) is 4.42 Å². The fourth-order valence-corrected chi connectivity index (χ4v) is 4.24. The predicted molar refractivity (Wildman–Crippen MR) is 81.1 cm³/mol. The fourth-order valence-electron chi connectivity index (χ4n) is 2.98. The van der Waals surface area contributed by atoms with E-state index in [-0.39, 0.29) is 0 Å². The highest BCUT2D eigenvalue weighted by Crippen LogP contribution is 2.26. The Morgan fingerprint density at radius 1 is 1.35 bits per heavy atom. The molecule has 0 radical (unpaired) electrons. The summed E-state index contributed by atoms with van der Waals surface area (Å²) in [6, 6.07) is 0.650. The molecule has 3 rings (SSSR count). The molecule has 0 aromatic carbocycles. The molecule has 2 saturated heterocycles. The molecule has 20 heavy (non-hydrogen) atoms. The van der Waals surface area contributed by atoms with E-state index in [2.05, 4.69) is 21.6 Å². The van der Waals surface area contributed by atoms with Crippen LogP contribution >= 0.6 is 11.8 Å². The highest BCUT2D eigenvalue weighted by Gasteiger charge is 2.28. The van der Waals surface area contributed by atoms with Gasteiger partial charge in [-0.05, 0) is 38.9 Å². The van der Waals surface area contributed by atoms with E-state index in [0.717, 1.165) is 37.0 Å². The Hall–Kier alpha value is -0.520. The van der Waals surface area contributed by atoms with Crippen molar-refractivity contribution in [1.29, 1.82) is 0 Å². The maximum atomic E-state index is 5.81. The number of ether oxygens (including phenoxy) is 1. The lowest BCUT2D eigenvalue weighted by Gasteiger charge is -2.29. The van der Waals surface area contributed by atoms with Crippen molar-refractivity contribution in [1.82, 2.24) is 9.88 Å². The molecule has 0 bridgehead atoms. The summed E-state index contributed by atoms with van der Waals surface area (Å²) in [4.78, 5) is 7.07. The Morgan fingerprint density at radius 3 is 2.85 bits per heavy atom. The summed E-state index contributed by atoms with van der Waals surface area (Å²) in [5, 5.41) is 0. The zero-order valence-electron chi connectivity index (χ0n) is 12.4. The lowest BCUT2D eigenvalue weighted by Crippen LogP contribution is -2.40. The molecule has 0 saturated carbocycles. The first-order valence-electron chi connectivity index (χ1n) is 7.58. The number of hydrogen-bond acceptors (Lipinski definition) is 5. The molecule has 112 valence electrons. The van der Waals surface area contributed by atoms with Gasteiger partial charge in [0.25, 0.3) is 0 Å². The normalized spacial score (nSPS) is 26.8. The van der Waals surface area contributed by atoms with E-state index in [1.54, 1.807) is 0 Å².